The van der Waals surface area contributed by atoms with Crippen LogP contribution in [0.4, 0.5) is 0 Å². The molecule has 0 bridgehead atoms. The van der Waals surface area contributed by atoms with Crippen LogP contribution in [0.2, 0.25) is 5.02 Å². The summed E-state index contributed by atoms with van der Waals surface area (Å²) in [6.07, 6.45) is 0. The topological polar surface area (TPSA) is 21.9 Å². The lowest BCUT2D eigenvalue weighted by Crippen LogP contribution is -2.08. The highest BCUT2D eigenvalue weighted by molar-refractivity contribution is 6.31. The zero-order chi connectivity index (χ0) is 8.77. The lowest BCUT2D eigenvalue weighted by molar-refractivity contribution is 0.756. The molecule has 1 N–H and O–H groups in total. The maximum Gasteiger partial charge on any atom is 0.0536 e. The monoisotopic (exact) mass is 181 g/mol. The first-order chi connectivity index (χ1) is 5.63. The standard InChI is InChI=1S/C10H12ClN/c1-7-8(10(2)6-12-10)4-3-5-9(7)11/h3-5,12H,6H2,1-2H3. The van der Waals surface area contributed by atoms with Gasteiger partial charge in [-0.2, -0.15) is 0 Å². The maximum atomic E-state index is 6.02. The van der Waals surface area contributed by atoms with Crippen molar-refractivity contribution in [2.45, 2.75) is 19.4 Å². The van der Waals surface area contributed by atoms with Gasteiger partial charge in [0.2, 0.25) is 0 Å². The van der Waals surface area contributed by atoms with Crippen molar-refractivity contribution in [3.05, 3.63) is 34.3 Å². The highest BCUT2D eigenvalue weighted by atomic mass is 35.5. The molecule has 1 aliphatic heterocycles. The minimum absolute atomic E-state index is 0.189. The van der Waals surface area contributed by atoms with Crippen LogP contribution in [0.15, 0.2) is 18.2 Å². The summed E-state index contributed by atoms with van der Waals surface area (Å²) in [4.78, 5) is 0. The second kappa shape index (κ2) is 2.48. The van der Waals surface area contributed by atoms with Gasteiger partial charge in [0.15, 0.2) is 0 Å². The van der Waals surface area contributed by atoms with E-state index < -0.39 is 0 Å². The van der Waals surface area contributed by atoms with Gasteiger partial charge in [0.05, 0.1) is 5.54 Å². The number of hydrogen-bond donors (Lipinski definition) is 1. The van der Waals surface area contributed by atoms with Crippen LogP contribution in [0.25, 0.3) is 0 Å². The smallest absolute Gasteiger partial charge is 0.0536 e. The van der Waals surface area contributed by atoms with Gasteiger partial charge in [-0.25, -0.2) is 0 Å². The predicted molar refractivity (Wildman–Crippen MR) is 51.5 cm³/mol. The molecule has 1 unspecified atom stereocenters. The molecule has 1 aromatic rings. The molecule has 0 aromatic heterocycles. The van der Waals surface area contributed by atoms with Crippen molar-refractivity contribution in [1.29, 1.82) is 0 Å². The van der Waals surface area contributed by atoms with Crippen LogP contribution in [-0.4, -0.2) is 6.54 Å². The van der Waals surface area contributed by atoms with Gasteiger partial charge in [-0.15, -0.1) is 0 Å². The van der Waals surface area contributed by atoms with Crippen LogP contribution in [0.1, 0.15) is 18.1 Å². The SMILES string of the molecule is Cc1c(Cl)cccc1C1(C)CN1. The van der Waals surface area contributed by atoms with Gasteiger partial charge in [-0.3, -0.25) is 0 Å². The van der Waals surface area contributed by atoms with E-state index in [1.807, 2.05) is 12.1 Å². The third kappa shape index (κ3) is 1.13. The number of nitrogens with one attached hydrogen (secondary N) is 1. The minimum Gasteiger partial charge on any atom is -0.304 e. The van der Waals surface area contributed by atoms with E-state index in [1.165, 1.54) is 11.1 Å². The van der Waals surface area contributed by atoms with E-state index in [9.17, 15) is 0 Å². The Kier molecular flexibility index (Phi) is 1.67. The average molecular weight is 182 g/mol. The van der Waals surface area contributed by atoms with E-state index >= 15 is 0 Å². The predicted octanol–water partition coefficient (Wildman–Crippen LogP) is 2.47. The van der Waals surface area contributed by atoms with Crippen LogP contribution in [0, 0.1) is 6.92 Å². The molecule has 1 aliphatic rings. The molecule has 0 amide bonds. The summed E-state index contributed by atoms with van der Waals surface area (Å²) in [5.41, 5.74) is 2.72. The molecule has 0 radical (unpaired) electrons. The van der Waals surface area contributed by atoms with Gasteiger partial charge in [0, 0.05) is 11.6 Å². The quantitative estimate of drug-likeness (QED) is 0.661. The summed E-state index contributed by atoms with van der Waals surface area (Å²) >= 11 is 6.02. The first-order valence-electron chi connectivity index (χ1n) is 4.14. The third-order valence-electron chi connectivity index (χ3n) is 2.57. The fourth-order valence-corrected chi connectivity index (χ4v) is 1.70. The van der Waals surface area contributed by atoms with Crippen LogP contribution in [0.5, 0.6) is 0 Å². The second-order valence-electron chi connectivity index (χ2n) is 3.60. The molecule has 12 heavy (non-hydrogen) atoms. The number of halogens is 1. The molecule has 0 saturated carbocycles. The molecule has 0 spiro atoms. The van der Waals surface area contributed by atoms with Crippen molar-refractivity contribution >= 4 is 11.6 Å². The lowest BCUT2D eigenvalue weighted by atomic mass is 9.96. The fourth-order valence-electron chi connectivity index (χ4n) is 1.53. The third-order valence-corrected chi connectivity index (χ3v) is 2.98. The summed E-state index contributed by atoms with van der Waals surface area (Å²) in [6.45, 7) is 5.34. The van der Waals surface area contributed by atoms with E-state index in [-0.39, 0.29) is 5.54 Å². The van der Waals surface area contributed by atoms with Crippen LogP contribution in [0.3, 0.4) is 0 Å². The zero-order valence-corrected chi connectivity index (χ0v) is 8.07. The Morgan fingerprint density at radius 3 is 2.75 bits per heavy atom. The van der Waals surface area contributed by atoms with Gasteiger partial charge in [-0.05, 0) is 31.0 Å². The fraction of sp³-hybridized carbons (Fsp3) is 0.400. The molecule has 2 heteroatoms. The number of benzene rings is 1. The number of hydrogen-bond acceptors (Lipinski definition) is 1. The largest absolute Gasteiger partial charge is 0.304 e. The summed E-state index contributed by atoms with van der Waals surface area (Å²) < 4.78 is 0. The molecule has 1 nitrogen and oxygen atoms in total. The highest BCUT2D eigenvalue weighted by Crippen LogP contribution is 2.34. The Hall–Kier alpha value is -0.530. The minimum atomic E-state index is 0.189. The first kappa shape index (κ1) is 8.09. The number of rotatable bonds is 1. The van der Waals surface area contributed by atoms with Gasteiger partial charge in [-0.1, -0.05) is 23.7 Å². The molecule has 0 aliphatic carbocycles. The van der Waals surface area contributed by atoms with Crippen molar-refractivity contribution in [3.8, 4) is 0 Å². The molecule has 2 rings (SSSR count). The molecule has 1 atom stereocenters. The average Bonchev–Trinajstić information content (AvgIpc) is 2.75. The van der Waals surface area contributed by atoms with Gasteiger partial charge < -0.3 is 5.32 Å². The normalized spacial score (nSPS) is 27.2. The maximum absolute atomic E-state index is 6.02. The molecule has 64 valence electrons. The van der Waals surface area contributed by atoms with Crippen LogP contribution >= 0.6 is 11.6 Å². The van der Waals surface area contributed by atoms with Crippen LogP contribution in [-0.2, 0) is 5.54 Å². The van der Waals surface area contributed by atoms with Gasteiger partial charge >= 0.3 is 0 Å². The van der Waals surface area contributed by atoms with Gasteiger partial charge in [0.1, 0.15) is 0 Å². The lowest BCUT2D eigenvalue weighted by Gasteiger charge is -2.11. The van der Waals surface area contributed by atoms with Crippen molar-refractivity contribution in [3.63, 3.8) is 0 Å². The van der Waals surface area contributed by atoms with Crippen molar-refractivity contribution in [2.24, 2.45) is 0 Å². The van der Waals surface area contributed by atoms with E-state index in [2.05, 4.69) is 25.2 Å². The molecule has 1 fully saturated rings. The molecular weight excluding hydrogens is 170 g/mol. The molecular formula is C10H12ClN. The zero-order valence-electron chi connectivity index (χ0n) is 7.32. The molecule has 1 heterocycles. The Morgan fingerprint density at radius 2 is 2.17 bits per heavy atom. The Morgan fingerprint density at radius 1 is 1.50 bits per heavy atom. The van der Waals surface area contributed by atoms with Crippen molar-refractivity contribution in [1.82, 2.24) is 5.32 Å². The van der Waals surface area contributed by atoms with Gasteiger partial charge in [0.25, 0.3) is 0 Å². The van der Waals surface area contributed by atoms with E-state index in [1.54, 1.807) is 0 Å². The van der Waals surface area contributed by atoms with E-state index in [4.69, 9.17) is 11.6 Å². The highest BCUT2D eigenvalue weighted by Gasteiger charge is 2.39. The molecule has 1 saturated heterocycles. The second-order valence-corrected chi connectivity index (χ2v) is 4.01. The summed E-state index contributed by atoms with van der Waals surface area (Å²) in [6, 6.07) is 6.09. The molecule has 1 aromatic carbocycles. The Balaban J connectivity index is 2.51. The van der Waals surface area contributed by atoms with E-state index in [0.717, 1.165) is 11.6 Å². The van der Waals surface area contributed by atoms with E-state index in [0.29, 0.717) is 0 Å². The Bertz CT molecular complexity index is 316. The summed E-state index contributed by atoms with van der Waals surface area (Å²) in [7, 11) is 0. The summed E-state index contributed by atoms with van der Waals surface area (Å²) in [5.74, 6) is 0. The first-order valence-corrected chi connectivity index (χ1v) is 4.52. The van der Waals surface area contributed by atoms with Crippen molar-refractivity contribution in [2.75, 3.05) is 6.54 Å². The Labute approximate surface area is 77.7 Å². The summed E-state index contributed by atoms with van der Waals surface area (Å²) in [5, 5.41) is 4.20. The van der Waals surface area contributed by atoms with Crippen molar-refractivity contribution < 1.29 is 0 Å². The van der Waals surface area contributed by atoms with Crippen LogP contribution < -0.4 is 5.32 Å².